The van der Waals surface area contributed by atoms with Crippen LogP contribution in [-0.2, 0) is 26.7 Å². The topological polar surface area (TPSA) is 131 Å². The van der Waals surface area contributed by atoms with Crippen LogP contribution in [0.4, 0.5) is 0 Å². The largest absolute Gasteiger partial charge is 0.361 e. The molecule has 1 saturated carbocycles. The summed E-state index contributed by atoms with van der Waals surface area (Å²) in [6, 6.07) is -0.0684. The van der Waals surface area contributed by atoms with E-state index >= 15 is 0 Å². The van der Waals surface area contributed by atoms with E-state index in [1.807, 2.05) is 13.8 Å². The zero-order valence-corrected chi connectivity index (χ0v) is 18.5. The van der Waals surface area contributed by atoms with Crippen molar-refractivity contribution in [3.8, 4) is 0 Å². The van der Waals surface area contributed by atoms with Crippen LogP contribution in [0.5, 0.6) is 0 Å². The van der Waals surface area contributed by atoms with Crippen LogP contribution in [0.2, 0.25) is 0 Å². The minimum absolute atomic E-state index is 0.0138. The molecule has 1 saturated heterocycles. The first kappa shape index (κ1) is 21.0. The van der Waals surface area contributed by atoms with Gasteiger partial charge in [0.2, 0.25) is 21.8 Å². The number of carbonyl (C=O) groups is 1. The van der Waals surface area contributed by atoms with E-state index in [-0.39, 0.29) is 17.9 Å². The van der Waals surface area contributed by atoms with Gasteiger partial charge in [-0.3, -0.25) is 4.79 Å². The standard InChI is InChI=1S/C19H27N5O5S/c1-11-16(12(2)28-22-11)5-6-17(25)21-15-7-14-9-24(30(4,26)27)10-19(14,8-15)18-20-13(3)23-29-18/h14-15H,5-10H2,1-4H3,(H,21,25). The molecule has 1 N–H and O–H groups in total. The SMILES string of the molecule is Cc1noc(C23CC(NC(=O)CCc4c(C)noc4C)CC2CN(S(C)(=O)=O)C3)n1. The summed E-state index contributed by atoms with van der Waals surface area (Å²) in [7, 11) is -3.33. The summed E-state index contributed by atoms with van der Waals surface area (Å²) in [5.74, 6) is 1.69. The van der Waals surface area contributed by atoms with Crippen LogP contribution in [0, 0.1) is 26.7 Å². The van der Waals surface area contributed by atoms with E-state index in [1.54, 1.807) is 6.92 Å². The molecule has 1 aliphatic heterocycles. The van der Waals surface area contributed by atoms with Gasteiger partial charge in [0.15, 0.2) is 5.82 Å². The molecule has 0 spiro atoms. The van der Waals surface area contributed by atoms with Gasteiger partial charge in [-0.15, -0.1) is 0 Å². The van der Waals surface area contributed by atoms with Crippen molar-refractivity contribution < 1.29 is 22.3 Å². The Morgan fingerprint density at radius 3 is 2.63 bits per heavy atom. The molecule has 10 nitrogen and oxygen atoms in total. The van der Waals surface area contributed by atoms with Crippen molar-refractivity contribution in [2.45, 2.75) is 57.9 Å². The molecule has 164 valence electrons. The number of aromatic nitrogens is 3. The Balaban J connectivity index is 1.46. The number of amides is 1. The predicted octanol–water partition coefficient (Wildman–Crippen LogP) is 1.02. The van der Waals surface area contributed by atoms with Gasteiger partial charge in [-0.25, -0.2) is 12.7 Å². The second kappa shape index (κ2) is 7.45. The first-order valence-electron chi connectivity index (χ1n) is 10.1. The number of hydrogen-bond donors (Lipinski definition) is 1. The van der Waals surface area contributed by atoms with Gasteiger partial charge in [-0.05, 0) is 46.0 Å². The van der Waals surface area contributed by atoms with Gasteiger partial charge in [-0.1, -0.05) is 10.3 Å². The fraction of sp³-hybridized carbons (Fsp3) is 0.684. The van der Waals surface area contributed by atoms with E-state index in [2.05, 4.69) is 20.6 Å². The van der Waals surface area contributed by atoms with Crippen molar-refractivity contribution in [3.63, 3.8) is 0 Å². The van der Waals surface area contributed by atoms with Gasteiger partial charge >= 0.3 is 0 Å². The molecule has 1 amide bonds. The first-order chi connectivity index (χ1) is 14.1. The highest BCUT2D eigenvalue weighted by Gasteiger charge is 2.58. The molecule has 4 rings (SSSR count). The molecule has 30 heavy (non-hydrogen) atoms. The van der Waals surface area contributed by atoms with Crippen LogP contribution in [0.15, 0.2) is 9.05 Å². The third kappa shape index (κ3) is 3.76. The monoisotopic (exact) mass is 437 g/mol. The molecule has 3 heterocycles. The van der Waals surface area contributed by atoms with Crippen LogP contribution in [0.1, 0.15) is 48.0 Å². The minimum Gasteiger partial charge on any atom is -0.361 e. The van der Waals surface area contributed by atoms with E-state index in [9.17, 15) is 13.2 Å². The lowest BCUT2D eigenvalue weighted by Gasteiger charge is -2.24. The Hall–Kier alpha value is -2.27. The normalized spacial score (nSPS) is 26.8. The average molecular weight is 438 g/mol. The van der Waals surface area contributed by atoms with Crippen molar-refractivity contribution >= 4 is 15.9 Å². The number of aryl methyl sites for hydroxylation is 3. The number of carbonyl (C=O) groups excluding carboxylic acids is 1. The smallest absolute Gasteiger partial charge is 0.234 e. The lowest BCUT2D eigenvalue weighted by atomic mass is 9.80. The molecule has 3 unspecified atom stereocenters. The molecule has 0 radical (unpaired) electrons. The van der Waals surface area contributed by atoms with E-state index in [1.165, 1.54) is 10.6 Å². The van der Waals surface area contributed by atoms with Crippen molar-refractivity contribution in [2.75, 3.05) is 19.3 Å². The molecule has 0 aromatic carbocycles. The fourth-order valence-electron chi connectivity index (χ4n) is 4.92. The summed E-state index contributed by atoms with van der Waals surface area (Å²) in [6.45, 7) is 6.14. The summed E-state index contributed by atoms with van der Waals surface area (Å²) in [4.78, 5) is 17.0. The quantitative estimate of drug-likeness (QED) is 0.709. The maximum Gasteiger partial charge on any atom is 0.234 e. The third-order valence-corrected chi connectivity index (χ3v) is 7.63. The second-order valence-corrected chi connectivity index (χ2v) is 10.5. The van der Waals surface area contributed by atoms with E-state index in [4.69, 9.17) is 9.05 Å². The van der Waals surface area contributed by atoms with Crippen LogP contribution in [0.25, 0.3) is 0 Å². The summed E-state index contributed by atoms with van der Waals surface area (Å²) in [5, 5.41) is 10.9. The Morgan fingerprint density at radius 2 is 2.03 bits per heavy atom. The molecule has 2 aromatic rings. The zero-order chi connectivity index (χ0) is 21.7. The summed E-state index contributed by atoms with van der Waals surface area (Å²) in [5.41, 5.74) is 1.21. The van der Waals surface area contributed by atoms with Crippen LogP contribution in [-0.4, -0.2) is 59.3 Å². The molecule has 0 bridgehead atoms. The zero-order valence-electron chi connectivity index (χ0n) is 17.6. The second-order valence-electron chi connectivity index (χ2n) is 8.56. The molecular weight excluding hydrogens is 410 g/mol. The van der Waals surface area contributed by atoms with E-state index < -0.39 is 15.4 Å². The fourth-order valence-corrected chi connectivity index (χ4v) is 5.83. The van der Waals surface area contributed by atoms with Crippen LogP contribution >= 0.6 is 0 Å². The van der Waals surface area contributed by atoms with Crippen molar-refractivity contribution in [2.24, 2.45) is 5.92 Å². The highest BCUT2D eigenvalue weighted by Crippen LogP contribution is 2.50. The lowest BCUT2D eigenvalue weighted by Crippen LogP contribution is -2.39. The van der Waals surface area contributed by atoms with Gasteiger partial charge in [0.05, 0.1) is 17.4 Å². The molecule has 2 aliphatic rings. The molecule has 11 heteroatoms. The minimum atomic E-state index is -3.33. The van der Waals surface area contributed by atoms with Crippen LogP contribution in [0.3, 0.4) is 0 Å². The Kier molecular flexibility index (Phi) is 5.21. The molecule has 1 aliphatic carbocycles. The molecular formula is C19H27N5O5S. The maximum atomic E-state index is 12.6. The first-order valence-corrected chi connectivity index (χ1v) is 11.9. The Morgan fingerprint density at radius 1 is 1.27 bits per heavy atom. The number of rotatable bonds is 6. The highest BCUT2D eigenvalue weighted by molar-refractivity contribution is 7.88. The van der Waals surface area contributed by atoms with Gasteiger partial charge in [0, 0.05) is 31.1 Å². The maximum absolute atomic E-state index is 12.6. The van der Waals surface area contributed by atoms with Crippen molar-refractivity contribution in [1.29, 1.82) is 0 Å². The van der Waals surface area contributed by atoms with Crippen molar-refractivity contribution in [1.82, 2.24) is 24.9 Å². The van der Waals surface area contributed by atoms with Gasteiger partial charge in [0.25, 0.3) is 0 Å². The number of nitrogens with zero attached hydrogens (tertiary/aromatic N) is 4. The van der Waals surface area contributed by atoms with Crippen LogP contribution < -0.4 is 5.32 Å². The molecule has 3 atom stereocenters. The van der Waals surface area contributed by atoms with Crippen molar-refractivity contribution in [3.05, 3.63) is 28.7 Å². The average Bonchev–Trinajstić information content (AvgIpc) is 3.37. The summed E-state index contributed by atoms with van der Waals surface area (Å²) >= 11 is 0. The molecule has 2 fully saturated rings. The molecule has 2 aromatic heterocycles. The number of sulfonamides is 1. The lowest BCUT2D eigenvalue weighted by molar-refractivity contribution is -0.121. The number of nitrogens with one attached hydrogen (secondary N) is 1. The Labute approximate surface area is 175 Å². The summed E-state index contributed by atoms with van der Waals surface area (Å²) in [6.07, 6.45) is 3.37. The van der Waals surface area contributed by atoms with Gasteiger partial charge in [-0.2, -0.15) is 4.98 Å². The Bertz CT molecular complexity index is 1040. The number of fused-ring (bicyclic) bond motifs is 1. The highest BCUT2D eigenvalue weighted by atomic mass is 32.2. The number of hydrogen-bond acceptors (Lipinski definition) is 8. The van der Waals surface area contributed by atoms with E-state index in [0.29, 0.717) is 50.5 Å². The third-order valence-electron chi connectivity index (χ3n) is 6.41. The van der Waals surface area contributed by atoms with E-state index in [0.717, 1.165) is 17.0 Å². The predicted molar refractivity (Wildman–Crippen MR) is 106 cm³/mol. The summed E-state index contributed by atoms with van der Waals surface area (Å²) < 4.78 is 36.4. The van der Waals surface area contributed by atoms with Gasteiger partial charge < -0.3 is 14.4 Å². The van der Waals surface area contributed by atoms with Gasteiger partial charge in [0.1, 0.15) is 5.76 Å².